The number of hydrogen-bond donors (Lipinski definition) is 1. The number of aromatic nitrogens is 4. The molecule has 1 aliphatic rings. The zero-order valence-electron chi connectivity index (χ0n) is 11.9. The molecule has 0 unspecified atom stereocenters. The van der Waals surface area contributed by atoms with Crippen molar-refractivity contribution in [2.45, 2.75) is 25.8 Å². The zero-order chi connectivity index (χ0) is 14.7. The molecule has 1 amide bonds. The molecule has 3 rings (SSSR count). The summed E-state index contributed by atoms with van der Waals surface area (Å²) in [4.78, 5) is 14.6. The molecular formula is C14H18N6O. The van der Waals surface area contributed by atoms with Crippen molar-refractivity contribution in [2.75, 3.05) is 18.4 Å². The highest BCUT2D eigenvalue weighted by Crippen LogP contribution is 2.19. The predicted octanol–water partition coefficient (Wildman–Crippen LogP) is 1.09. The minimum atomic E-state index is -0.0216. The Balaban J connectivity index is 1.73. The van der Waals surface area contributed by atoms with Gasteiger partial charge in [-0.3, -0.25) is 9.69 Å². The van der Waals surface area contributed by atoms with Crippen molar-refractivity contribution in [3.63, 3.8) is 0 Å². The molecule has 0 bridgehead atoms. The minimum absolute atomic E-state index is 0.0216. The fourth-order valence-electron chi connectivity index (χ4n) is 2.73. The number of carbonyl (C=O) groups excluding carboxylic acids is 1. The first-order chi connectivity index (χ1) is 10.3. The van der Waals surface area contributed by atoms with E-state index < -0.39 is 0 Å². The molecule has 1 aliphatic heterocycles. The molecule has 0 saturated carbocycles. The van der Waals surface area contributed by atoms with Crippen LogP contribution in [0.25, 0.3) is 5.69 Å². The standard InChI is InChI=1S/C14H18N6O/c1-2-19-8-4-7-13(19)14(21)16-11-5-3-6-12(9-11)20-10-15-17-18-20/h3,5-6,9-10,13H,2,4,7-8H2,1H3,(H,16,21)/t13-/m0/s1. The summed E-state index contributed by atoms with van der Waals surface area (Å²) in [7, 11) is 0. The van der Waals surface area contributed by atoms with Crippen molar-refractivity contribution in [2.24, 2.45) is 0 Å². The Morgan fingerprint density at radius 3 is 3.14 bits per heavy atom. The van der Waals surface area contributed by atoms with E-state index in [2.05, 4.69) is 32.7 Å². The number of rotatable bonds is 4. The van der Waals surface area contributed by atoms with Gasteiger partial charge >= 0.3 is 0 Å². The highest BCUT2D eigenvalue weighted by Gasteiger charge is 2.29. The molecule has 2 aromatic rings. The van der Waals surface area contributed by atoms with Crippen molar-refractivity contribution in [1.82, 2.24) is 25.1 Å². The summed E-state index contributed by atoms with van der Waals surface area (Å²) in [6, 6.07) is 7.47. The number of likely N-dealkylation sites (N-methyl/N-ethyl adjacent to an activating group) is 1. The van der Waals surface area contributed by atoms with Gasteiger partial charge in [-0.05, 0) is 54.6 Å². The van der Waals surface area contributed by atoms with Crippen LogP contribution in [0.3, 0.4) is 0 Å². The molecule has 1 aromatic carbocycles. The third kappa shape index (κ3) is 2.92. The molecule has 1 saturated heterocycles. The van der Waals surface area contributed by atoms with E-state index in [1.807, 2.05) is 24.3 Å². The second-order valence-corrected chi connectivity index (χ2v) is 5.08. The average molecular weight is 286 g/mol. The third-order valence-electron chi connectivity index (χ3n) is 3.80. The fraction of sp³-hybridized carbons (Fsp3) is 0.429. The van der Waals surface area contributed by atoms with Gasteiger partial charge < -0.3 is 5.32 Å². The van der Waals surface area contributed by atoms with E-state index in [9.17, 15) is 4.79 Å². The normalized spacial score (nSPS) is 18.8. The summed E-state index contributed by atoms with van der Waals surface area (Å²) in [5.74, 6) is 0.0585. The molecule has 1 N–H and O–H groups in total. The number of amides is 1. The molecule has 1 aromatic heterocycles. The summed E-state index contributed by atoms with van der Waals surface area (Å²) < 4.78 is 1.56. The maximum absolute atomic E-state index is 12.4. The number of likely N-dealkylation sites (tertiary alicyclic amines) is 1. The Labute approximate surface area is 122 Å². The Kier molecular flexibility index (Phi) is 3.92. The first-order valence-corrected chi connectivity index (χ1v) is 7.16. The van der Waals surface area contributed by atoms with Crippen molar-refractivity contribution < 1.29 is 4.79 Å². The topological polar surface area (TPSA) is 75.9 Å². The quantitative estimate of drug-likeness (QED) is 0.910. The van der Waals surface area contributed by atoms with Gasteiger partial charge in [-0.1, -0.05) is 13.0 Å². The molecule has 0 aliphatic carbocycles. The van der Waals surface area contributed by atoms with Crippen LogP contribution in [-0.2, 0) is 4.79 Å². The molecule has 0 radical (unpaired) electrons. The maximum Gasteiger partial charge on any atom is 0.241 e. The second kappa shape index (κ2) is 6.01. The first kappa shape index (κ1) is 13.7. The van der Waals surface area contributed by atoms with Crippen molar-refractivity contribution >= 4 is 11.6 Å². The molecule has 7 nitrogen and oxygen atoms in total. The van der Waals surface area contributed by atoms with E-state index in [0.717, 1.165) is 37.3 Å². The van der Waals surface area contributed by atoms with Crippen LogP contribution in [0.4, 0.5) is 5.69 Å². The van der Waals surface area contributed by atoms with Crippen LogP contribution in [0.1, 0.15) is 19.8 Å². The summed E-state index contributed by atoms with van der Waals surface area (Å²) in [5, 5.41) is 14.1. The van der Waals surface area contributed by atoms with Gasteiger partial charge in [0.05, 0.1) is 11.7 Å². The molecule has 0 spiro atoms. The Morgan fingerprint density at radius 1 is 1.48 bits per heavy atom. The molecule has 7 heteroatoms. The van der Waals surface area contributed by atoms with Gasteiger partial charge in [-0.2, -0.15) is 0 Å². The first-order valence-electron chi connectivity index (χ1n) is 7.16. The van der Waals surface area contributed by atoms with Gasteiger partial charge in [0.25, 0.3) is 0 Å². The molecular weight excluding hydrogens is 268 g/mol. The minimum Gasteiger partial charge on any atom is -0.325 e. The van der Waals surface area contributed by atoms with E-state index in [0.29, 0.717) is 0 Å². The smallest absolute Gasteiger partial charge is 0.241 e. The fourth-order valence-corrected chi connectivity index (χ4v) is 2.73. The number of nitrogens with zero attached hydrogens (tertiary/aromatic N) is 5. The Morgan fingerprint density at radius 2 is 2.38 bits per heavy atom. The number of nitrogens with one attached hydrogen (secondary N) is 1. The van der Waals surface area contributed by atoms with Crippen LogP contribution in [0.15, 0.2) is 30.6 Å². The third-order valence-corrected chi connectivity index (χ3v) is 3.80. The monoisotopic (exact) mass is 286 g/mol. The lowest BCUT2D eigenvalue weighted by molar-refractivity contribution is -0.120. The number of carbonyl (C=O) groups is 1. The van der Waals surface area contributed by atoms with E-state index in [1.54, 1.807) is 4.68 Å². The summed E-state index contributed by atoms with van der Waals surface area (Å²) in [6.07, 6.45) is 3.53. The van der Waals surface area contributed by atoms with E-state index in [-0.39, 0.29) is 11.9 Å². The number of hydrogen-bond acceptors (Lipinski definition) is 5. The molecule has 1 atom stereocenters. The van der Waals surface area contributed by atoms with Gasteiger partial charge in [0.2, 0.25) is 5.91 Å². The number of anilines is 1. The van der Waals surface area contributed by atoms with E-state index in [4.69, 9.17) is 0 Å². The Hall–Kier alpha value is -2.28. The molecule has 2 heterocycles. The van der Waals surface area contributed by atoms with Crippen LogP contribution >= 0.6 is 0 Å². The maximum atomic E-state index is 12.4. The van der Waals surface area contributed by atoms with Crippen LogP contribution in [0, 0.1) is 0 Å². The molecule has 1 fully saturated rings. The van der Waals surface area contributed by atoms with Crippen LogP contribution in [0.2, 0.25) is 0 Å². The van der Waals surface area contributed by atoms with E-state index in [1.165, 1.54) is 6.33 Å². The predicted molar refractivity (Wildman–Crippen MR) is 78.1 cm³/mol. The van der Waals surface area contributed by atoms with Crippen LogP contribution in [0.5, 0.6) is 0 Å². The van der Waals surface area contributed by atoms with Gasteiger partial charge in [0, 0.05) is 5.69 Å². The lowest BCUT2D eigenvalue weighted by Gasteiger charge is -2.21. The summed E-state index contributed by atoms with van der Waals surface area (Å²) >= 11 is 0. The van der Waals surface area contributed by atoms with Crippen molar-refractivity contribution in [3.8, 4) is 5.69 Å². The van der Waals surface area contributed by atoms with Crippen molar-refractivity contribution in [1.29, 1.82) is 0 Å². The summed E-state index contributed by atoms with van der Waals surface area (Å²) in [6.45, 7) is 3.99. The zero-order valence-corrected chi connectivity index (χ0v) is 11.9. The van der Waals surface area contributed by atoms with Crippen molar-refractivity contribution in [3.05, 3.63) is 30.6 Å². The van der Waals surface area contributed by atoms with Gasteiger partial charge in [0.15, 0.2) is 0 Å². The van der Waals surface area contributed by atoms with E-state index >= 15 is 0 Å². The van der Waals surface area contributed by atoms with Gasteiger partial charge in [-0.25, -0.2) is 4.68 Å². The van der Waals surface area contributed by atoms with Crippen LogP contribution < -0.4 is 5.32 Å². The highest BCUT2D eigenvalue weighted by molar-refractivity contribution is 5.95. The largest absolute Gasteiger partial charge is 0.325 e. The van der Waals surface area contributed by atoms with Gasteiger partial charge in [-0.15, -0.1) is 5.10 Å². The SMILES string of the molecule is CCN1CCC[C@H]1C(=O)Nc1cccc(-n2cnnn2)c1. The van der Waals surface area contributed by atoms with Crippen LogP contribution in [-0.4, -0.2) is 50.1 Å². The molecule has 110 valence electrons. The summed E-state index contributed by atoms with van der Waals surface area (Å²) in [5.41, 5.74) is 1.58. The number of tetrazole rings is 1. The second-order valence-electron chi connectivity index (χ2n) is 5.08. The lowest BCUT2D eigenvalue weighted by atomic mass is 10.2. The Bertz CT molecular complexity index is 612. The lowest BCUT2D eigenvalue weighted by Crippen LogP contribution is -2.39. The number of benzene rings is 1. The molecule has 21 heavy (non-hydrogen) atoms. The average Bonchev–Trinajstić information content (AvgIpc) is 3.18. The highest BCUT2D eigenvalue weighted by atomic mass is 16.2. The van der Waals surface area contributed by atoms with Gasteiger partial charge in [0.1, 0.15) is 6.33 Å².